The molecule has 1 amide bonds. The van der Waals surface area contributed by atoms with Crippen LogP contribution in [0.25, 0.3) is 11.1 Å². The fourth-order valence-corrected chi connectivity index (χ4v) is 5.00. The molecule has 182 valence electrons. The van der Waals surface area contributed by atoms with Crippen LogP contribution in [-0.4, -0.2) is 66.2 Å². The molecule has 5 rings (SSSR count). The minimum atomic E-state index is -0.134. The van der Waals surface area contributed by atoms with Crippen molar-refractivity contribution in [2.24, 2.45) is 0 Å². The van der Waals surface area contributed by atoms with E-state index < -0.39 is 0 Å². The lowest BCUT2D eigenvalue weighted by atomic mass is 10.0. The SMILES string of the molecule is O=C(NC1CCN(c2ccc(CN3CCOCC3)cn2)CC1)c1cccc(-c2cccnc2)c1Cl. The highest BCUT2D eigenvalue weighted by Crippen LogP contribution is 2.30. The molecule has 0 aliphatic carbocycles. The summed E-state index contributed by atoms with van der Waals surface area (Å²) < 4.78 is 5.42. The van der Waals surface area contributed by atoms with Crippen molar-refractivity contribution in [1.82, 2.24) is 20.2 Å². The zero-order valence-corrected chi connectivity index (χ0v) is 20.5. The summed E-state index contributed by atoms with van der Waals surface area (Å²) in [5, 5.41) is 3.63. The van der Waals surface area contributed by atoms with E-state index in [1.165, 1.54) is 5.56 Å². The number of morpholine rings is 1. The van der Waals surface area contributed by atoms with Crippen molar-refractivity contribution in [1.29, 1.82) is 0 Å². The molecule has 0 bridgehead atoms. The Morgan fingerprint density at radius 3 is 2.57 bits per heavy atom. The largest absolute Gasteiger partial charge is 0.379 e. The topological polar surface area (TPSA) is 70.6 Å². The number of halogens is 1. The molecule has 8 heteroatoms. The van der Waals surface area contributed by atoms with Crippen LogP contribution in [-0.2, 0) is 11.3 Å². The van der Waals surface area contributed by atoms with Crippen molar-refractivity contribution in [2.75, 3.05) is 44.3 Å². The van der Waals surface area contributed by atoms with Gasteiger partial charge in [0.2, 0.25) is 0 Å². The molecule has 0 atom stereocenters. The van der Waals surface area contributed by atoms with Gasteiger partial charge in [-0.3, -0.25) is 14.7 Å². The molecule has 2 fully saturated rings. The average Bonchev–Trinajstić information content (AvgIpc) is 2.91. The van der Waals surface area contributed by atoms with E-state index in [0.29, 0.717) is 10.6 Å². The van der Waals surface area contributed by atoms with Gasteiger partial charge in [0.25, 0.3) is 5.91 Å². The van der Waals surface area contributed by atoms with E-state index in [1.807, 2.05) is 30.5 Å². The van der Waals surface area contributed by atoms with Gasteiger partial charge in [0.1, 0.15) is 5.82 Å². The molecule has 2 aromatic heterocycles. The van der Waals surface area contributed by atoms with E-state index in [1.54, 1.807) is 18.5 Å². The predicted molar refractivity (Wildman–Crippen MR) is 138 cm³/mol. The van der Waals surface area contributed by atoms with Crippen LogP contribution >= 0.6 is 11.6 Å². The summed E-state index contributed by atoms with van der Waals surface area (Å²) in [7, 11) is 0. The number of carbonyl (C=O) groups excluding carboxylic acids is 1. The van der Waals surface area contributed by atoms with Gasteiger partial charge in [-0.05, 0) is 36.6 Å². The molecule has 35 heavy (non-hydrogen) atoms. The first-order valence-corrected chi connectivity index (χ1v) is 12.5. The van der Waals surface area contributed by atoms with Crippen molar-refractivity contribution in [3.63, 3.8) is 0 Å². The normalized spacial score (nSPS) is 17.3. The molecule has 0 radical (unpaired) electrons. The van der Waals surface area contributed by atoms with Gasteiger partial charge < -0.3 is 15.0 Å². The Morgan fingerprint density at radius 2 is 1.86 bits per heavy atom. The van der Waals surface area contributed by atoms with Gasteiger partial charge in [-0.2, -0.15) is 0 Å². The van der Waals surface area contributed by atoms with Crippen LogP contribution in [0.3, 0.4) is 0 Å². The number of benzene rings is 1. The fourth-order valence-electron chi connectivity index (χ4n) is 4.68. The van der Waals surface area contributed by atoms with E-state index in [-0.39, 0.29) is 11.9 Å². The smallest absolute Gasteiger partial charge is 0.253 e. The number of nitrogens with zero attached hydrogens (tertiary/aromatic N) is 4. The molecule has 1 aromatic carbocycles. The predicted octanol–water partition coefficient (Wildman–Crippen LogP) is 4.03. The molecule has 2 saturated heterocycles. The molecular formula is C27H30ClN5O2. The Hall–Kier alpha value is -3.00. The van der Waals surface area contributed by atoms with E-state index >= 15 is 0 Å². The lowest BCUT2D eigenvalue weighted by Gasteiger charge is -2.33. The van der Waals surface area contributed by atoms with Gasteiger partial charge in [0, 0.05) is 68.5 Å². The van der Waals surface area contributed by atoms with Crippen LogP contribution in [0.5, 0.6) is 0 Å². The van der Waals surface area contributed by atoms with Crippen molar-refractivity contribution < 1.29 is 9.53 Å². The maximum atomic E-state index is 13.0. The molecule has 0 spiro atoms. The number of anilines is 1. The van der Waals surface area contributed by atoms with Crippen LogP contribution in [0.1, 0.15) is 28.8 Å². The summed E-state index contributed by atoms with van der Waals surface area (Å²) in [4.78, 5) is 26.6. The van der Waals surface area contributed by atoms with E-state index in [4.69, 9.17) is 21.3 Å². The third kappa shape index (κ3) is 5.81. The minimum Gasteiger partial charge on any atom is -0.379 e. The van der Waals surface area contributed by atoms with E-state index in [0.717, 1.165) is 75.7 Å². The maximum Gasteiger partial charge on any atom is 0.253 e. The third-order valence-corrected chi connectivity index (χ3v) is 7.10. The van der Waals surface area contributed by atoms with Crippen LogP contribution in [0.2, 0.25) is 5.02 Å². The first-order valence-electron chi connectivity index (χ1n) is 12.2. The number of amides is 1. The van der Waals surface area contributed by atoms with Gasteiger partial charge >= 0.3 is 0 Å². The Labute approximate surface area is 211 Å². The van der Waals surface area contributed by atoms with Crippen molar-refractivity contribution in [3.8, 4) is 11.1 Å². The molecule has 1 N–H and O–H groups in total. The number of hydrogen-bond donors (Lipinski definition) is 1. The second-order valence-electron chi connectivity index (χ2n) is 9.06. The van der Waals surface area contributed by atoms with Crippen molar-refractivity contribution in [2.45, 2.75) is 25.4 Å². The summed E-state index contributed by atoms with van der Waals surface area (Å²) >= 11 is 6.62. The number of nitrogens with one attached hydrogen (secondary N) is 1. The summed E-state index contributed by atoms with van der Waals surface area (Å²) in [6, 6.07) is 13.7. The lowest BCUT2D eigenvalue weighted by Crippen LogP contribution is -2.45. The summed E-state index contributed by atoms with van der Waals surface area (Å²) in [5.41, 5.74) is 3.42. The summed E-state index contributed by atoms with van der Waals surface area (Å²) in [6.45, 7) is 6.17. The average molecular weight is 492 g/mol. The van der Waals surface area contributed by atoms with Crippen LogP contribution in [0.4, 0.5) is 5.82 Å². The van der Waals surface area contributed by atoms with Crippen molar-refractivity contribution >= 4 is 23.3 Å². The monoisotopic (exact) mass is 491 g/mol. The fraction of sp³-hybridized carbons (Fsp3) is 0.370. The van der Waals surface area contributed by atoms with Crippen LogP contribution in [0.15, 0.2) is 61.1 Å². The Kier molecular flexibility index (Phi) is 7.57. The van der Waals surface area contributed by atoms with Gasteiger partial charge in [-0.1, -0.05) is 35.9 Å². The summed E-state index contributed by atoms with van der Waals surface area (Å²) in [5.74, 6) is 0.859. The van der Waals surface area contributed by atoms with Crippen LogP contribution in [0, 0.1) is 0 Å². The molecule has 0 unspecified atom stereocenters. The molecule has 2 aliphatic rings. The zero-order valence-electron chi connectivity index (χ0n) is 19.7. The molecular weight excluding hydrogens is 462 g/mol. The highest BCUT2D eigenvalue weighted by Gasteiger charge is 2.23. The van der Waals surface area contributed by atoms with Crippen LogP contribution < -0.4 is 10.2 Å². The first kappa shape index (κ1) is 23.7. The highest BCUT2D eigenvalue weighted by atomic mass is 35.5. The molecule has 7 nitrogen and oxygen atoms in total. The van der Waals surface area contributed by atoms with E-state index in [9.17, 15) is 4.79 Å². The highest BCUT2D eigenvalue weighted by molar-refractivity contribution is 6.36. The van der Waals surface area contributed by atoms with Gasteiger partial charge in [0.05, 0.1) is 23.8 Å². The number of aromatic nitrogens is 2. The molecule has 4 heterocycles. The molecule has 0 saturated carbocycles. The van der Waals surface area contributed by atoms with Gasteiger partial charge in [-0.15, -0.1) is 0 Å². The first-order chi connectivity index (χ1) is 17.2. The molecule has 3 aromatic rings. The number of pyridine rings is 2. The summed E-state index contributed by atoms with van der Waals surface area (Å²) in [6.07, 6.45) is 7.18. The number of carbonyl (C=O) groups is 1. The minimum absolute atomic E-state index is 0.109. The van der Waals surface area contributed by atoms with E-state index in [2.05, 4.69) is 32.2 Å². The number of rotatable bonds is 6. The second kappa shape index (κ2) is 11.2. The number of hydrogen-bond acceptors (Lipinski definition) is 6. The quantitative estimate of drug-likeness (QED) is 0.561. The lowest BCUT2D eigenvalue weighted by molar-refractivity contribution is 0.0341. The number of piperidine rings is 1. The maximum absolute atomic E-state index is 13.0. The third-order valence-electron chi connectivity index (χ3n) is 6.69. The second-order valence-corrected chi connectivity index (χ2v) is 9.43. The number of ether oxygens (including phenoxy) is 1. The van der Waals surface area contributed by atoms with Gasteiger partial charge in [0.15, 0.2) is 0 Å². The zero-order chi connectivity index (χ0) is 24.0. The molecule has 2 aliphatic heterocycles. The van der Waals surface area contributed by atoms with Crippen molar-refractivity contribution in [3.05, 3.63) is 77.2 Å². The standard InChI is InChI=1S/C27H30ClN5O2/c28-26-23(21-3-2-10-29-18-21)4-1-5-24(26)27(34)31-22-8-11-33(12-9-22)25-7-6-20(17-30-25)19-32-13-15-35-16-14-32/h1-7,10,17-18,22H,8-9,11-16,19H2,(H,31,34). The Morgan fingerprint density at radius 1 is 1.03 bits per heavy atom. The van der Waals surface area contributed by atoms with Gasteiger partial charge in [-0.25, -0.2) is 4.98 Å². The Bertz CT molecular complexity index is 1130. The Balaban J connectivity index is 1.15.